The third-order valence-electron chi connectivity index (χ3n) is 1.66. The van der Waals surface area contributed by atoms with Crippen molar-refractivity contribution >= 4 is 0 Å². The van der Waals surface area contributed by atoms with Crippen molar-refractivity contribution in [3.63, 3.8) is 0 Å². The van der Waals surface area contributed by atoms with Gasteiger partial charge in [0.05, 0.1) is 5.69 Å². The van der Waals surface area contributed by atoms with Crippen LogP contribution in [0.5, 0.6) is 0 Å². The predicted molar refractivity (Wildman–Crippen MR) is 40.5 cm³/mol. The lowest BCUT2D eigenvalue weighted by atomic mass is 10.4. The summed E-state index contributed by atoms with van der Waals surface area (Å²) >= 11 is 0. The molecule has 1 aromatic heterocycles. The largest absolute Gasteiger partial charge is 0.331 e. The van der Waals surface area contributed by atoms with Crippen LogP contribution in [-0.4, -0.2) is 9.55 Å². The number of nitrogens with zero attached hydrogens (tertiary/aromatic N) is 2. The lowest BCUT2D eigenvalue weighted by Crippen LogP contribution is -2.06. The minimum atomic E-state index is 0.578. The summed E-state index contributed by atoms with van der Waals surface area (Å²) in [6.07, 6.45) is 1.83. The summed E-state index contributed by atoms with van der Waals surface area (Å²) in [6, 6.07) is 0. The minimum Gasteiger partial charge on any atom is -0.331 e. The minimum absolute atomic E-state index is 0.578. The van der Waals surface area contributed by atoms with Crippen LogP contribution < -0.4 is 5.73 Å². The van der Waals surface area contributed by atoms with Gasteiger partial charge in [0, 0.05) is 19.3 Å². The molecule has 10 heavy (non-hydrogen) atoms. The van der Waals surface area contributed by atoms with Gasteiger partial charge in [-0.3, -0.25) is 0 Å². The van der Waals surface area contributed by atoms with Crippen LogP contribution in [0.3, 0.4) is 0 Å². The highest BCUT2D eigenvalue weighted by molar-refractivity contribution is 5.03. The molecule has 0 aliphatic carbocycles. The van der Waals surface area contributed by atoms with E-state index in [0.717, 1.165) is 18.1 Å². The van der Waals surface area contributed by atoms with E-state index in [1.165, 1.54) is 0 Å². The average Bonchev–Trinajstić information content (AvgIpc) is 2.30. The van der Waals surface area contributed by atoms with Crippen LogP contribution in [0.1, 0.15) is 18.4 Å². The standard InChI is InChI=1S/C7H13N3/c1-3-10-6(2)9-5-7(10)4-8/h5H,3-4,8H2,1-2H3. The number of aryl methyl sites for hydroxylation is 1. The third kappa shape index (κ3) is 1.04. The van der Waals surface area contributed by atoms with Crippen molar-refractivity contribution < 1.29 is 0 Å². The fourth-order valence-corrected chi connectivity index (χ4v) is 1.11. The monoisotopic (exact) mass is 139 g/mol. The Morgan fingerprint density at radius 1 is 1.70 bits per heavy atom. The molecule has 3 nitrogen and oxygen atoms in total. The van der Waals surface area contributed by atoms with E-state index in [-0.39, 0.29) is 0 Å². The Hall–Kier alpha value is -0.830. The van der Waals surface area contributed by atoms with Crippen LogP contribution in [-0.2, 0) is 13.1 Å². The van der Waals surface area contributed by atoms with Crippen LogP contribution in [0.2, 0.25) is 0 Å². The lowest BCUT2D eigenvalue weighted by Gasteiger charge is -2.03. The second-order valence-corrected chi connectivity index (χ2v) is 2.25. The Kier molecular flexibility index (Phi) is 2.06. The summed E-state index contributed by atoms with van der Waals surface area (Å²) in [6.45, 7) is 5.61. The summed E-state index contributed by atoms with van der Waals surface area (Å²) in [5.74, 6) is 1.04. The molecule has 0 amide bonds. The molecule has 0 radical (unpaired) electrons. The molecule has 1 rings (SSSR count). The van der Waals surface area contributed by atoms with Crippen LogP contribution in [0.15, 0.2) is 6.20 Å². The van der Waals surface area contributed by atoms with Gasteiger partial charge in [-0.15, -0.1) is 0 Å². The first-order valence-corrected chi connectivity index (χ1v) is 3.50. The third-order valence-corrected chi connectivity index (χ3v) is 1.66. The molecule has 1 aromatic rings. The van der Waals surface area contributed by atoms with Gasteiger partial charge in [0.2, 0.25) is 0 Å². The van der Waals surface area contributed by atoms with Gasteiger partial charge in [0.15, 0.2) is 0 Å². The van der Waals surface area contributed by atoms with E-state index in [1.54, 1.807) is 0 Å². The fraction of sp³-hybridized carbons (Fsp3) is 0.571. The molecular weight excluding hydrogens is 126 g/mol. The lowest BCUT2D eigenvalue weighted by molar-refractivity contribution is 0.687. The Morgan fingerprint density at radius 2 is 2.40 bits per heavy atom. The van der Waals surface area contributed by atoms with Gasteiger partial charge in [-0.1, -0.05) is 0 Å². The summed E-state index contributed by atoms with van der Waals surface area (Å²) in [4.78, 5) is 4.14. The molecule has 3 heteroatoms. The van der Waals surface area contributed by atoms with E-state index in [2.05, 4.69) is 16.5 Å². The highest BCUT2D eigenvalue weighted by Crippen LogP contribution is 2.02. The molecule has 0 aliphatic heterocycles. The van der Waals surface area contributed by atoms with Crippen LogP contribution in [0, 0.1) is 6.92 Å². The number of nitrogens with two attached hydrogens (primary N) is 1. The summed E-state index contributed by atoms with van der Waals surface area (Å²) in [5, 5.41) is 0. The molecule has 56 valence electrons. The Morgan fingerprint density at radius 3 is 2.80 bits per heavy atom. The van der Waals surface area contributed by atoms with E-state index in [9.17, 15) is 0 Å². The molecule has 0 unspecified atom stereocenters. The van der Waals surface area contributed by atoms with Gasteiger partial charge in [-0.05, 0) is 13.8 Å². The van der Waals surface area contributed by atoms with Gasteiger partial charge in [-0.25, -0.2) is 4.98 Å². The Labute approximate surface area is 60.9 Å². The molecule has 0 fully saturated rings. The molecule has 0 saturated heterocycles. The van der Waals surface area contributed by atoms with Crippen molar-refractivity contribution in [2.24, 2.45) is 5.73 Å². The highest BCUT2D eigenvalue weighted by atomic mass is 15.1. The maximum Gasteiger partial charge on any atom is 0.105 e. The van der Waals surface area contributed by atoms with E-state index >= 15 is 0 Å². The Balaban J connectivity index is 3.01. The van der Waals surface area contributed by atoms with Crippen molar-refractivity contribution in [1.29, 1.82) is 0 Å². The molecule has 1 heterocycles. The molecule has 0 atom stereocenters. The van der Waals surface area contributed by atoms with Gasteiger partial charge in [-0.2, -0.15) is 0 Å². The van der Waals surface area contributed by atoms with Crippen molar-refractivity contribution in [3.05, 3.63) is 17.7 Å². The average molecular weight is 139 g/mol. The topological polar surface area (TPSA) is 43.8 Å². The van der Waals surface area contributed by atoms with E-state index in [4.69, 9.17) is 5.73 Å². The van der Waals surface area contributed by atoms with Gasteiger partial charge in [0.1, 0.15) is 5.82 Å². The van der Waals surface area contributed by atoms with Crippen molar-refractivity contribution in [2.75, 3.05) is 0 Å². The molecular formula is C7H13N3. The first-order chi connectivity index (χ1) is 4.79. The molecule has 2 N–H and O–H groups in total. The summed E-state index contributed by atoms with van der Waals surface area (Å²) in [7, 11) is 0. The van der Waals surface area contributed by atoms with Gasteiger partial charge in [0.25, 0.3) is 0 Å². The molecule has 0 saturated carbocycles. The molecule has 0 spiro atoms. The maximum absolute atomic E-state index is 5.48. The summed E-state index contributed by atoms with van der Waals surface area (Å²) < 4.78 is 2.11. The van der Waals surface area contributed by atoms with Gasteiger partial charge >= 0.3 is 0 Å². The number of rotatable bonds is 2. The molecule has 0 bridgehead atoms. The maximum atomic E-state index is 5.48. The zero-order valence-electron chi connectivity index (χ0n) is 6.46. The summed E-state index contributed by atoms with van der Waals surface area (Å²) in [5.41, 5.74) is 6.59. The second-order valence-electron chi connectivity index (χ2n) is 2.25. The second kappa shape index (κ2) is 2.84. The SMILES string of the molecule is CCn1c(CN)cnc1C. The zero-order valence-corrected chi connectivity index (χ0v) is 6.46. The van der Waals surface area contributed by atoms with E-state index < -0.39 is 0 Å². The molecule has 0 aromatic carbocycles. The van der Waals surface area contributed by atoms with Crippen molar-refractivity contribution in [3.8, 4) is 0 Å². The van der Waals surface area contributed by atoms with Crippen molar-refractivity contribution in [1.82, 2.24) is 9.55 Å². The van der Waals surface area contributed by atoms with Crippen LogP contribution in [0.25, 0.3) is 0 Å². The highest BCUT2D eigenvalue weighted by Gasteiger charge is 2.00. The zero-order chi connectivity index (χ0) is 7.56. The van der Waals surface area contributed by atoms with Crippen LogP contribution >= 0.6 is 0 Å². The smallest absolute Gasteiger partial charge is 0.105 e. The van der Waals surface area contributed by atoms with Crippen molar-refractivity contribution in [2.45, 2.75) is 26.9 Å². The first-order valence-electron chi connectivity index (χ1n) is 3.50. The predicted octanol–water partition coefficient (Wildman–Crippen LogP) is 0.670. The number of hydrogen-bond donors (Lipinski definition) is 1. The first kappa shape index (κ1) is 7.28. The van der Waals surface area contributed by atoms with Gasteiger partial charge < -0.3 is 10.3 Å². The number of aromatic nitrogens is 2. The number of imidazole rings is 1. The van der Waals surface area contributed by atoms with E-state index in [0.29, 0.717) is 6.54 Å². The fourth-order valence-electron chi connectivity index (χ4n) is 1.11. The normalized spacial score (nSPS) is 10.3. The quantitative estimate of drug-likeness (QED) is 0.654. The van der Waals surface area contributed by atoms with Crippen LogP contribution in [0.4, 0.5) is 0 Å². The number of hydrogen-bond acceptors (Lipinski definition) is 2. The van der Waals surface area contributed by atoms with E-state index in [1.807, 2.05) is 13.1 Å². The Bertz CT molecular complexity index is 215. The molecule has 0 aliphatic rings.